The van der Waals surface area contributed by atoms with Gasteiger partial charge in [0.2, 0.25) is 5.91 Å². The van der Waals surface area contributed by atoms with Crippen molar-refractivity contribution in [3.63, 3.8) is 0 Å². The lowest BCUT2D eigenvalue weighted by Crippen LogP contribution is -2.38. The molecule has 3 heteroatoms. The van der Waals surface area contributed by atoms with E-state index in [1.165, 1.54) is 0 Å². The van der Waals surface area contributed by atoms with E-state index < -0.39 is 0 Å². The van der Waals surface area contributed by atoms with Crippen molar-refractivity contribution >= 4 is 11.6 Å². The van der Waals surface area contributed by atoms with Crippen LogP contribution in [0.4, 0.5) is 5.69 Å². The minimum absolute atomic E-state index is 0.0526. The molecule has 21 heavy (non-hydrogen) atoms. The number of amides is 1. The first kappa shape index (κ1) is 15.3. The van der Waals surface area contributed by atoms with Crippen molar-refractivity contribution in [3.8, 4) is 0 Å². The third-order valence-electron chi connectivity index (χ3n) is 3.63. The molecule has 0 spiro atoms. The monoisotopic (exact) mass is 282 g/mol. The Kier molecular flexibility index (Phi) is 5.12. The van der Waals surface area contributed by atoms with Crippen molar-refractivity contribution in [2.24, 2.45) is 5.73 Å². The number of aryl methyl sites for hydroxylation is 1. The van der Waals surface area contributed by atoms with Gasteiger partial charge in [0.25, 0.3) is 0 Å². The fourth-order valence-electron chi connectivity index (χ4n) is 2.51. The number of anilines is 1. The van der Waals surface area contributed by atoms with Crippen LogP contribution in [0.2, 0.25) is 0 Å². The number of nitrogens with zero attached hydrogens (tertiary/aromatic N) is 1. The summed E-state index contributed by atoms with van der Waals surface area (Å²) in [5.74, 6) is -0.247. The van der Waals surface area contributed by atoms with E-state index in [0.29, 0.717) is 13.1 Å². The Bertz CT molecular complexity index is 595. The minimum Gasteiger partial charge on any atom is -0.329 e. The SMILES string of the molecule is CCN(C(=O)C(CN)c1ccccc1)c1cccc(C)c1. The summed E-state index contributed by atoms with van der Waals surface area (Å²) in [5, 5.41) is 0. The summed E-state index contributed by atoms with van der Waals surface area (Å²) in [4.78, 5) is 14.7. The lowest BCUT2D eigenvalue weighted by molar-refractivity contribution is -0.119. The number of carbonyl (C=O) groups excluding carboxylic acids is 1. The third kappa shape index (κ3) is 3.50. The molecule has 1 unspecified atom stereocenters. The van der Waals surface area contributed by atoms with Gasteiger partial charge in [-0.1, -0.05) is 42.5 Å². The van der Waals surface area contributed by atoms with Gasteiger partial charge in [-0.15, -0.1) is 0 Å². The molecule has 0 aliphatic rings. The lowest BCUT2D eigenvalue weighted by atomic mass is 9.97. The van der Waals surface area contributed by atoms with E-state index in [-0.39, 0.29) is 11.8 Å². The zero-order valence-electron chi connectivity index (χ0n) is 12.6. The number of hydrogen-bond donors (Lipinski definition) is 1. The van der Waals surface area contributed by atoms with E-state index in [0.717, 1.165) is 16.8 Å². The Morgan fingerprint density at radius 3 is 2.43 bits per heavy atom. The molecular weight excluding hydrogens is 260 g/mol. The summed E-state index contributed by atoms with van der Waals surface area (Å²) in [6.45, 7) is 4.95. The van der Waals surface area contributed by atoms with Crippen molar-refractivity contribution in [1.82, 2.24) is 0 Å². The van der Waals surface area contributed by atoms with Gasteiger partial charge in [-0.05, 0) is 37.1 Å². The molecule has 0 aliphatic heterocycles. The van der Waals surface area contributed by atoms with Crippen LogP contribution < -0.4 is 10.6 Å². The summed E-state index contributed by atoms with van der Waals surface area (Å²) in [6.07, 6.45) is 0. The summed E-state index contributed by atoms with van der Waals surface area (Å²) in [5.41, 5.74) is 8.90. The number of nitrogens with two attached hydrogens (primary N) is 1. The summed E-state index contributed by atoms with van der Waals surface area (Å²) in [6, 6.07) is 17.7. The molecule has 3 nitrogen and oxygen atoms in total. The quantitative estimate of drug-likeness (QED) is 0.916. The van der Waals surface area contributed by atoms with Crippen LogP contribution in [0.5, 0.6) is 0 Å². The van der Waals surface area contributed by atoms with Gasteiger partial charge in [0, 0.05) is 18.8 Å². The van der Waals surface area contributed by atoms with Gasteiger partial charge >= 0.3 is 0 Å². The molecule has 2 N–H and O–H groups in total. The Balaban J connectivity index is 2.31. The highest BCUT2D eigenvalue weighted by atomic mass is 16.2. The average Bonchev–Trinajstić information content (AvgIpc) is 2.50. The molecule has 0 saturated heterocycles. The summed E-state index contributed by atoms with van der Waals surface area (Å²) < 4.78 is 0. The van der Waals surface area contributed by atoms with Gasteiger partial charge in [-0.25, -0.2) is 0 Å². The van der Waals surface area contributed by atoms with Crippen molar-refractivity contribution in [2.45, 2.75) is 19.8 Å². The maximum atomic E-state index is 12.9. The van der Waals surface area contributed by atoms with Gasteiger partial charge in [-0.2, -0.15) is 0 Å². The Labute approximate surface area is 126 Å². The van der Waals surface area contributed by atoms with Crippen LogP contribution in [0.15, 0.2) is 54.6 Å². The van der Waals surface area contributed by atoms with Gasteiger partial charge in [0.15, 0.2) is 0 Å². The molecule has 0 aliphatic carbocycles. The molecule has 0 heterocycles. The van der Waals surface area contributed by atoms with E-state index in [1.807, 2.05) is 68.4 Å². The molecule has 0 radical (unpaired) electrons. The van der Waals surface area contributed by atoms with Crippen molar-refractivity contribution < 1.29 is 4.79 Å². The molecule has 2 aromatic rings. The van der Waals surface area contributed by atoms with E-state index in [2.05, 4.69) is 0 Å². The molecule has 0 bridgehead atoms. The Hall–Kier alpha value is -2.13. The first-order valence-electron chi connectivity index (χ1n) is 7.30. The summed E-state index contributed by atoms with van der Waals surface area (Å²) in [7, 11) is 0. The highest BCUT2D eigenvalue weighted by Crippen LogP contribution is 2.23. The molecule has 0 fully saturated rings. The van der Waals surface area contributed by atoms with Gasteiger partial charge in [-0.3, -0.25) is 4.79 Å². The largest absolute Gasteiger partial charge is 0.329 e. The molecule has 0 aromatic heterocycles. The molecule has 1 amide bonds. The number of rotatable bonds is 5. The predicted octanol–water partition coefficient (Wildman–Crippen LogP) is 3.09. The molecular formula is C18H22N2O. The van der Waals surface area contributed by atoms with Crippen molar-refractivity contribution in [1.29, 1.82) is 0 Å². The average molecular weight is 282 g/mol. The zero-order chi connectivity index (χ0) is 15.2. The number of hydrogen-bond acceptors (Lipinski definition) is 2. The standard InChI is InChI=1S/C18H22N2O/c1-3-20(16-11-7-8-14(2)12-16)18(21)17(13-19)15-9-5-4-6-10-15/h4-12,17H,3,13,19H2,1-2H3. The maximum Gasteiger partial charge on any atom is 0.235 e. The fraction of sp³-hybridized carbons (Fsp3) is 0.278. The second-order valence-electron chi connectivity index (χ2n) is 5.12. The predicted molar refractivity (Wildman–Crippen MR) is 87.4 cm³/mol. The molecule has 2 aromatic carbocycles. The number of carbonyl (C=O) groups is 1. The van der Waals surface area contributed by atoms with Crippen LogP contribution in [-0.4, -0.2) is 19.0 Å². The fourth-order valence-corrected chi connectivity index (χ4v) is 2.51. The molecule has 110 valence electrons. The highest BCUT2D eigenvalue weighted by Gasteiger charge is 2.24. The first-order chi connectivity index (χ1) is 10.2. The minimum atomic E-state index is -0.299. The van der Waals surface area contributed by atoms with Gasteiger partial charge in [0.05, 0.1) is 5.92 Å². The van der Waals surface area contributed by atoms with Crippen LogP contribution in [0, 0.1) is 6.92 Å². The van der Waals surface area contributed by atoms with Crippen LogP contribution in [0.1, 0.15) is 24.0 Å². The topological polar surface area (TPSA) is 46.3 Å². The van der Waals surface area contributed by atoms with Crippen molar-refractivity contribution in [2.75, 3.05) is 18.0 Å². The van der Waals surface area contributed by atoms with Gasteiger partial charge < -0.3 is 10.6 Å². The second-order valence-corrected chi connectivity index (χ2v) is 5.12. The number of likely N-dealkylation sites (N-methyl/N-ethyl adjacent to an activating group) is 1. The summed E-state index contributed by atoms with van der Waals surface area (Å²) >= 11 is 0. The van der Waals surface area contributed by atoms with E-state index >= 15 is 0 Å². The maximum absolute atomic E-state index is 12.9. The van der Waals surface area contributed by atoms with Crippen LogP contribution in [0.25, 0.3) is 0 Å². The van der Waals surface area contributed by atoms with E-state index in [1.54, 1.807) is 4.90 Å². The zero-order valence-corrected chi connectivity index (χ0v) is 12.6. The first-order valence-corrected chi connectivity index (χ1v) is 7.30. The molecule has 2 rings (SSSR count). The van der Waals surface area contributed by atoms with Crippen LogP contribution in [-0.2, 0) is 4.79 Å². The van der Waals surface area contributed by atoms with E-state index in [4.69, 9.17) is 5.73 Å². The smallest absolute Gasteiger partial charge is 0.235 e. The Morgan fingerprint density at radius 1 is 1.14 bits per heavy atom. The molecule has 1 atom stereocenters. The normalized spacial score (nSPS) is 12.0. The second kappa shape index (κ2) is 7.04. The third-order valence-corrected chi connectivity index (χ3v) is 3.63. The lowest BCUT2D eigenvalue weighted by Gasteiger charge is -2.26. The highest BCUT2D eigenvalue weighted by molar-refractivity contribution is 5.98. The van der Waals surface area contributed by atoms with Crippen molar-refractivity contribution in [3.05, 3.63) is 65.7 Å². The number of benzene rings is 2. The molecule has 0 saturated carbocycles. The van der Waals surface area contributed by atoms with E-state index in [9.17, 15) is 4.79 Å². The van der Waals surface area contributed by atoms with Crippen LogP contribution >= 0.6 is 0 Å². The Morgan fingerprint density at radius 2 is 1.86 bits per heavy atom. The van der Waals surface area contributed by atoms with Gasteiger partial charge in [0.1, 0.15) is 0 Å². The van der Waals surface area contributed by atoms with Crippen LogP contribution in [0.3, 0.4) is 0 Å².